The molecule has 3 N–H and O–H groups in total. The average molecular weight is 325 g/mol. The Bertz CT molecular complexity index is 461. The molecule has 1 amide bonds. The van der Waals surface area contributed by atoms with Gasteiger partial charge in [0.2, 0.25) is 5.91 Å². The van der Waals surface area contributed by atoms with Gasteiger partial charge in [-0.1, -0.05) is 50.6 Å². The zero-order valence-corrected chi connectivity index (χ0v) is 14.5. The van der Waals surface area contributed by atoms with E-state index in [0.29, 0.717) is 18.9 Å². The molecule has 1 saturated carbocycles. The summed E-state index contributed by atoms with van der Waals surface area (Å²) in [5, 5.41) is 3.10. The predicted molar refractivity (Wildman–Crippen MR) is 94.1 cm³/mol. The molecule has 3 nitrogen and oxygen atoms in total. The van der Waals surface area contributed by atoms with E-state index in [-0.39, 0.29) is 29.8 Å². The largest absolute Gasteiger partial charge is 0.356 e. The number of nitrogens with two attached hydrogens (primary N) is 1. The summed E-state index contributed by atoms with van der Waals surface area (Å²) < 4.78 is 0. The molecule has 2 rings (SSSR count). The third-order valence-electron chi connectivity index (χ3n) is 4.46. The first-order valence-electron chi connectivity index (χ1n) is 8.02. The lowest BCUT2D eigenvalue weighted by Gasteiger charge is -2.26. The minimum atomic E-state index is 0. The normalized spacial score (nSPS) is 21.2. The van der Waals surface area contributed by atoms with Crippen molar-refractivity contribution >= 4 is 18.3 Å². The van der Waals surface area contributed by atoms with E-state index in [1.165, 1.54) is 12.0 Å². The molecular weight excluding hydrogens is 296 g/mol. The van der Waals surface area contributed by atoms with Gasteiger partial charge in [0.05, 0.1) is 0 Å². The van der Waals surface area contributed by atoms with E-state index in [0.717, 1.165) is 19.3 Å². The molecule has 1 aromatic carbocycles. The second-order valence-corrected chi connectivity index (χ2v) is 7.16. The van der Waals surface area contributed by atoms with Crippen LogP contribution in [0.4, 0.5) is 0 Å². The van der Waals surface area contributed by atoms with Crippen LogP contribution in [-0.4, -0.2) is 18.5 Å². The van der Waals surface area contributed by atoms with E-state index in [1.807, 2.05) is 6.07 Å². The van der Waals surface area contributed by atoms with Gasteiger partial charge < -0.3 is 11.1 Å². The molecule has 0 saturated heterocycles. The molecule has 2 atom stereocenters. The van der Waals surface area contributed by atoms with Gasteiger partial charge in [0.1, 0.15) is 0 Å². The lowest BCUT2D eigenvalue weighted by Crippen LogP contribution is -2.37. The number of carbonyl (C=O) groups is 1. The highest BCUT2D eigenvalue weighted by atomic mass is 35.5. The van der Waals surface area contributed by atoms with E-state index in [4.69, 9.17) is 5.73 Å². The van der Waals surface area contributed by atoms with Crippen LogP contribution in [0.1, 0.15) is 45.1 Å². The maximum Gasteiger partial charge on any atom is 0.220 e. The maximum atomic E-state index is 12.1. The topological polar surface area (TPSA) is 55.1 Å². The number of nitrogens with one attached hydrogen (secondary N) is 1. The van der Waals surface area contributed by atoms with Crippen molar-refractivity contribution in [3.05, 3.63) is 35.9 Å². The standard InChI is InChI=1S/C18H28N2O.ClH/c1-18(2,12-14-7-4-3-5-8-14)13-20-17(21)11-15-9-6-10-16(15)19;/h3-5,7-8,15-16H,6,9-13,19H2,1-2H3,(H,20,21);1H/t15-,16+;/m0./s1. The summed E-state index contributed by atoms with van der Waals surface area (Å²) >= 11 is 0. The van der Waals surface area contributed by atoms with E-state index in [1.54, 1.807) is 0 Å². The summed E-state index contributed by atoms with van der Waals surface area (Å²) in [6, 6.07) is 10.6. The van der Waals surface area contributed by atoms with Crippen LogP contribution in [0.5, 0.6) is 0 Å². The van der Waals surface area contributed by atoms with Gasteiger partial charge in [0.25, 0.3) is 0 Å². The quantitative estimate of drug-likeness (QED) is 0.843. The third kappa shape index (κ3) is 5.98. The fraction of sp³-hybridized carbons (Fsp3) is 0.611. The van der Waals surface area contributed by atoms with Crippen molar-refractivity contribution in [1.82, 2.24) is 5.32 Å². The summed E-state index contributed by atoms with van der Waals surface area (Å²) in [6.07, 6.45) is 4.89. The van der Waals surface area contributed by atoms with Crippen molar-refractivity contribution in [2.45, 2.75) is 52.0 Å². The molecule has 1 aliphatic rings. The molecule has 4 heteroatoms. The number of hydrogen-bond acceptors (Lipinski definition) is 2. The smallest absolute Gasteiger partial charge is 0.220 e. The Hall–Kier alpha value is -1.06. The van der Waals surface area contributed by atoms with Gasteiger partial charge in [-0.15, -0.1) is 12.4 Å². The van der Waals surface area contributed by atoms with Crippen LogP contribution >= 0.6 is 12.4 Å². The van der Waals surface area contributed by atoms with E-state index >= 15 is 0 Å². The van der Waals surface area contributed by atoms with E-state index in [9.17, 15) is 4.79 Å². The highest BCUT2D eigenvalue weighted by Gasteiger charge is 2.27. The predicted octanol–water partition coefficient (Wildman–Crippen LogP) is 3.31. The second-order valence-electron chi connectivity index (χ2n) is 7.16. The number of amides is 1. The maximum absolute atomic E-state index is 12.1. The van der Waals surface area contributed by atoms with Gasteiger partial charge in [-0.25, -0.2) is 0 Å². The molecule has 0 heterocycles. The van der Waals surface area contributed by atoms with Gasteiger partial charge in [0, 0.05) is 19.0 Å². The molecule has 0 aromatic heterocycles. The minimum absolute atomic E-state index is 0. The Balaban J connectivity index is 0.00000242. The molecule has 124 valence electrons. The van der Waals surface area contributed by atoms with Crippen LogP contribution in [0.25, 0.3) is 0 Å². The number of benzene rings is 1. The molecule has 0 radical (unpaired) electrons. The molecule has 1 aromatic rings. The monoisotopic (exact) mass is 324 g/mol. The molecule has 0 unspecified atom stereocenters. The van der Waals surface area contributed by atoms with Crippen LogP contribution in [0.3, 0.4) is 0 Å². The van der Waals surface area contributed by atoms with Crippen molar-refractivity contribution < 1.29 is 4.79 Å². The van der Waals surface area contributed by atoms with Crippen LogP contribution < -0.4 is 11.1 Å². The lowest BCUT2D eigenvalue weighted by atomic mass is 9.85. The summed E-state index contributed by atoms with van der Waals surface area (Å²) in [4.78, 5) is 12.1. The molecule has 1 aliphatic carbocycles. The van der Waals surface area contributed by atoms with Crippen molar-refractivity contribution in [2.24, 2.45) is 17.1 Å². The average Bonchev–Trinajstić information content (AvgIpc) is 2.83. The SMILES string of the molecule is CC(C)(CNC(=O)C[C@@H]1CCC[C@H]1N)Cc1ccccc1.Cl. The summed E-state index contributed by atoms with van der Waals surface area (Å²) in [7, 11) is 0. The van der Waals surface area contributed by atoms with Crippen molar-refractivity contribution in [2.75, 3.05) is 6.54 Å². The van der Waals surface area contributed by atoms with E-state index in [2.05, 4.69) is 43.4 Å². The number of hydrogen-bond donors (Lipinski definition) is 2. The van der Waals surface area contributed by atoms with Gasteiger partial charge in [0.15, 0.2) is 0 Å². The highest BCUT2D eigenvalue weighted by Crippen LogP contribution is 2.27. The third-order valence-corrected chi connectivity index (χ3v) is 4.46. The lowest BCUT2D eigenvalue weighted by molar-refractivity contribution is -0.122. The van der Waals surface area contributed by atoms with Gasteiger partial charge in [-0.2, -0.15) is 0 Å². The number of rotatable bonds is 6. The number of halogens is 1. The fourth-order valence-corrected chi connectivity index (χ4v) is 3.18. The molecule has 1 fully saturated rings. The van der Waals surface area contributed by atoms with E-state index < -0.39 is 0 Å². The van der Waals surface area contributed by atoms with Crippen LogP contribution in [0.2, 0.25) is 0 Å². The first kappa shape index (κ1) is 19.0. The van der Waals surface area contributed by atoms with Crippen molar-refractivity contribution in [3.63, 3.8) is 0 Å². The van der Waals surface area contributed by atoms with Crippen molar-refractivity contribution in [1.29, 1.82) is 0 Å². The van der Waals surface area contributed by atoms with Crippen LogP contribution in [0, 0.1) is 11.3 Å². The first-order valence-corrected chi connectivity index (χ1v) is 8.02. The summed E-state index contributed by atoms with van der Waals surface area (Å²) in [5.41, 5.74) is 7.41. The van der Waals surface area contributed by atoms with Crippen LogP contribution in [0.15, 0.2) is 30.3 Å². The van der Waals surface area contributed by atoms with Gasteiger partial charge in [-0.3, -0.25) is 4.79 Å². The Morgan fingerprint density at radius 2 is 1.95 bits per heavy atom. The molecule has 0 aliphatic heterocycles. The van der Waals surface area contributed by atoms with Gasteiger partial charge in [-0.05, 0) is 36.2 Å². The first-order chi connectivity index (χ1) is 9.96. The number of carbonyl (C=O) groups excluding carboxylic acids is 1. The zero-order chi connectivity index (χ0) is 15.3. The Kier molecular flexibility index (Phi) is 7.37. The second kappa shape index (κ2) is 8.54. The fourth-order valence-electron chi connectivity index (χ4n) is 3.18. The molecule has 22 heavy (non-hydrogen) atoms. The highest BCUT2D eigenvalue weighted by molar-refractivity contribution is 5.85. The minimum Gasteiger partial charge on any atom is -0.356 e. The Labute approximate surface area is 140 Å². The molecule has 0 spiro atoms. The summed E-state index contributed by atoms with van der Waals surface area (Å²) in [5.74, 6) is 0.528. The molecular formula is C18H29ClN2O. The molecule has 0 bridgehead atoms. The summed E-state index contributed by atoms with van der Waals surface area (Å²) in [6.45, 7) is 5.10. The van der Waals surface area contributed by atoms with Gasteiger partial charge >= 0.3 is 0 Å². The Morgan fingerprint density at radius 3 is 2.55 bits per heavy atom. The zero-order valence-electron chi connectivity index (χ0n) is 13.7. The van der Waals surface area contributed by atoms with Crippen molar-refractivity contribution in [3.8, 4) is 0 Å². The van der Waals surface area contributed by atoms with Crippen LogP contribution in [-0.2, 0) is 11.2 Å². The Morgan fingerprint density at radius 1 is 1.27 bits per heavy atom.